The van der Waals surface area contributed by atoms with Gasteiger partial charge in [-0.05, 0) is 32.7 Å². The minimum Gasteiger partial charge on any atom is -0.480 e. The average molecular weight is 734 g/mol. The van der Waals surface area contributed by atoms with Crippen molar-refractivity contribution in [3.63, 3.8) is 0 Å². The Morgan fingerprint density at radius 2 is 1.08 bits per heavy atom. The molecule has 51 heavy (non-hydrogen) atoms. The third-order valence-corrected chi connectivity index (χ3v) is 8.20. The summed E-state index contributed by atoms with van der Waals surface area (Å²) in [6, 6.07) is 0.558. The molecule has 1 atom stereocenters. The van der Waals surface area contributed by atoms with Crippen LogP contribution in [0.5, 0.6) is 0 Å². The van der Waals surface area contributed by atoms with Gasteiger partial charge in [-0.3, -0.25) is 33.9 Å². The number of ether oxygens (including phenoxy) is 4. The Balaban J connectivity index is 2.02. The number of aliphatic carboxylic acids is 2. The van der Waals surface area contributed by atoms with Crippen molar-refractivity contribution in [2.24, 2.45) is 0 Å². The van der Waals surface area contributed by atoms with E-state index in [9.17, 15) is 24.3 Å². The van der Waals surface area contributed by atoms with Crippen LogP contribution >= 0.6 is 0 Å². The molecule has 0 saturated carbocycles. The lowest BCUT2D eigenvalue weighted by molar-refractivity contribution is -0.140. The number of carbonyl (C=O) groups is 4. The molecule has 1 heterocycles. The Morgan fingerprint density at radius 3 is 1.63 bits per heavy atom. The molecule has 0 spiro atoms. The van der Waals surface area contributed by atoms with E-state index in [1.54, 1.807) is 9.80 Å². The van der Waals surface area contributed by atoms with Crippen LogP contribution in [0.15, 0.2) is 0 Å². The molecule has 0 bridgehead atoms. The van der Waals surface area contributed by atoms with Crippen LogP contribution in [0.4, 0.5) is 0 Å². The molecule has 1 aliphatic rings. The van der Waals surface area contributed by atoms with Gasteiger partial charge in [0, 0.05) is 77.9 Å². The van der Waals surface area contributed by atoms with Gasteiger partial charge >= 0.3 is 11.9 Å². The number of nitrogens with zero attached hydrogens (tertiary/aromatic N) is 3. The highest BCUT2D eigenvalue weighted by atomic mass is 16.6. The second-order valence-corrected chi connectivity index (χ2v) is 12.6. The van der Waals surface area contributed by atoms with Crippen LogP contribution in [0.2, 0.25) is 0 Å². The number of nitrogens with one attached hydrogen (secondary N) is 4. The number of rotatable bonds is 29. The molecule has 1 fully saturated rings. The van der Waals surface area contributed by atoms with E-state index < -0.39 is 11.9 Å². The molecule has 17 nitrogen and oxygen atoms in total. The smallest absolute Gasteiger partial charge is 0.317 e. The summed E-state index contributed by atoms with van der Waals surface area (Å²) in [5.41, 5.74) is 0. The molecule has 0 radical (unpaired) electrons. The van der Waals surface area contributed by atoms with Gasteiger partial charge in [0.05, 0.1) is 72.5 Å². The first kappa shape index (κ1) is 46.5. The van der Waals surface area contributed by atoms with Crippen LogP contribution in [0.25, 0.3) is 0 Å². The quantitative estimate of drug-likeness (QED) is 0.0506. The summed E-state index contributed by atoms with van der Waals surface area (Å²) >= 11 is 0. The van der Waals surface area contributed by atoms with Crippen LogP contribution in [0.1, 0.15) is 46.0 Å². The molecular formula is C34H67N7O10. The molecule has 2 amide bonds. The van der Waals surface area contributed by atoms with E-state index in [-0.39, 0.29) is 31.4 Å². The SMILES string of the molecule is CCC(C)NCCCCCNC(=O)CCOCCOCCOCCOCCNC(=O)CN1CCNCCN(CC(=O)O)CCN(CC(=O)O)CC1. The van der Waals surface area contributed by atoms with Crippen molar-refractivity contribution >= 4 is 23.8 Å². The largest absolute Gasteiger partial charge is 0.480 e. The van der Waals surface area contributed by atoms with Gasteiger partial charge in [-0.25, -0.2) is 0 Å². The summed E-state index contributed by atoms with van der Waals surface area (Å²) in [7, 11) is 0. The summed E-state index contributed by atoms with van der Waals surface area (Å²) < 4.78 is 22.0. The van der Waals surface area contributed by atoms with Crippen LogP contribution < -0.4 is 21.3 Å². The summed E-state index contributed by atoms with van der Waals surface area (Å²) in [6.45, 7) is 13.7. The zero-order valence-corrected chi connectivity index (χ0v) is 31.2. The first-order valence-corrected chi connectivity index (χ1v) is 18.6. The fraction of sp³-hybridized carbons (Fsp3) is 0.882. The van der Waals surface area contributed by atoms with Crippen molar-refractivity contribution in [1.29, 1.82) is 0 Å². The van der Waals surface area contributed by atoms with Crippen LogP contribution in [-0.4, -0.2) is 199 Å². The van der Waals surface area contributed by atoms with Crippen LogP contribution in [0, 0.1) is 0 Å². The summed E-state index contributed by atoms with van der Waals surface area (Å²) in [5, 5.41) is 31.0. The molecule has 1 unspecified atom stereocenters. The van der Waals surface area contributed by atoms with Gasteiger partial charge in [-0.15, -0.1) is 0 Å². The summed E-state index contributed by atoms with van der Waals surface area (Å²) in [6.07, 6.45) is 4.67. The van der Waals surface area contributed by atoms with Crippen LogP contribution in [-0.2, 0) is 38.1 Å². The lowest BCUT2D eigenvalue weighted by atomic mass is 10.2. The Labute approximate surface area is 304 Å². The van der Waals surface area contributed by atoms with E-state index in [4.69, 9.17) is 24.1 Å². The van der Waals surface area contributed by atoms with E-state index in [2.05, 4.69) is 35.1 Å². The predicted molar refractivity (Wildman–Crippen MR) is 193 cm³/mol. The zero-order valence-electron chi connectivity index (χ0n) is 31.2. The molecule has 6 N–H and O–H groups in total. The molecule has 0 aromatic heterocycles. The van der Waals surface area contributed by atoms with E-state index in [0.717, 1.165) is 32.2 Å². The molecule has 1 rings (SSSR count). The Hall–Kier alpha value is -2.48. The van der Waals surface area contributed by atoms with Gasteiger partial charge in [0.2, 0.25) is 11.8 Å². The number of amides is 2. The topological polar surface area (TPSA) is 203 Å². The van der Waals surface area contributed by atoms with Crippen molar-refractivity contribution in [3.8, 4) is 0 Å². The summed E-state index contributed by atoms with van der Waals surface area (Å²) in [4.78, 5) is 52.6. The Bertz CT molecular complexity index is 921. The molecular weight excluding hydrogens is 666 g/mol. The van der Waals surface area contributed by atoms with E-state index in [1.807, 2.05) is 4.90 Å². The van der Waals surface area contributed by atoms with Crippen molar-refractivity contribution in [1.82, 2.24) is 36.0 Å². The fourth-order valence-electron chi connectivity index (χ4n) is 5.04. The maximum Gasteiger partial charge on any atom is 0.317 e. The third kappa shape index (κ3) is 29.8. The number of unbranched alkanes of at least 4 members (excludes halogenated alkanes) is 2. The van der Waals surface area contributed by atoms with E-state index in [0.29, 0.717) is 131 Å². The average Bonchev–Trinajstić information content (AvgIpc) is 3.08. The van der Waals surface area contributed by atoms with Gasteiger partial charge in [0.25, 0.3) is 0 Å². The molecule has 0 aliphatic carbocycles. The Morgan fingerprint density at radius 1 is 0.608 bits per heavy atom. The predicted octanol–water partition coefficient (Wildman–Crippen LogP) is -1.09. The van der Waals surface area contributed by atoms with Gasteiger partial charge in [-0.2, -0.15) is 0 Å². The maximum atomic E-state index is 12.6. The molecule has 1 aliphatic heterocycles. The fourth-order valence-corrected chi connectivity index (χ4v) is 5.04. The monoisotopic (exact) mass is 733 g/mol. The number of hydrogen-bond acceptors (Lipinski definition) is 13. The molecule has 0 aromatic carbocycles. The van der Waals surface area contributed by atoms with Crippen molar-refractivity contribution < 1.29 is 48.3 Å². The molecule has 1 saturated heterocycles. The van der Waals surface area contributed by atoms with Crippen molar-refractivity contribution in [3.05, 3.63) is 0 Å². The Kier molecular flexibility index (Phi) is 29.4. The minimum absolute atomic E-state index is 0.00689. The highest BCUT2D eigenvalue weighted by Crippen LogP contribution is 1.99. The standard InChI is InChI=1S/C34H67N7O10/c1-3-30(2)36-8-5-4-6-9-37-31(42)7-19-48-21-23-50-25-26-51-24-22-49-20-12-38-32(43)27-39-13-10-35-11-14-40(28-33(44)45)16-18-41(17-15-39)29-34(46)47/h30,35-36H,3-29H2,1-2H3,(H,37,42)(H,38,43)(H,44,45)(H,46,47). The van der Waals surface area contributed by atoms with E-state index >= 15 is 0 Å². The zero-order chi connectivity index (χ0) is 37.4. The molecule has 0 aromatic rings. The third-order valence-electron chi connectivity index (χ3n) is 8.20. The highest BCUT2D eigenvalue weighted by molar-refractivity contribution is 5.78. The van der Waals surface area contributed by atoms with E-state index in [1.165, 1.54) is 0 Å². The first-order valence-electron chi connectivity index (χ1n) is 18.6. The number of carboxylic acids is 2. The number of carbonyl (C=O) groups excluding carboxylic acids is 2. The lowest BCUT2D eigenvalue weighted by Gasteiger charge is -2.30. The van der Waals surface area contributed by atoms with Gasteiger partial charge in [-0.1, -0.05) is 13.3 Å². The highest BCUT2D eigenvalue weighted by Gasteiger charge is 2.18. The van der Waals surface area contributed by atoms with Crippen LogP contribution in [0.3, 0.4) is 0 Å². The second-order valence-electron chi connectivity index (χ2n) is 12.6. The van der Waals surface area contributed by atoms with Crippen molar-refractivity contribution in [2.75, 3.05) is 144 Å². The van der Waals surface area contributed by atoms with Gasteiger partial charge < -0.3 is 50.4 Å². The summed E-state index contributed by atoms with van der Waals surface area (Å²) in [5.74, 6) is -2.00. The number of carboxylic acid groups (broad SMARTS) is 2. The van der Waals surface area contributed by atoms with Gasteiger partial charge in [0.1, 0.15) is 0 Å². The minimum atomic E-state index is -0.949. The molecule has 298 valence electrons. The van der Waals surface area contributed by atoms with Gasteiger partial charge in [0.15, 0.2) is 0 Å². The number of hydrogen-bond donors (Lipinski definition) is 6. The lowest BCUT2D eigenvalue weighted by Crippen LogP contribution is -2.48. The first-order chi connectivity index (χ1) is 24.7. The maximum absolute atomic E-state index is 12.6. The normalized spacial score (nSPS) is 16.2. The molecule has 17 heteroatoms. The second kappa shape index (κ2) is 32.2. The van der Waals surface area contributed by atoms with Crippen molar-refractivity contribution in [2.45, 2.75) is 52.0 Å².